The second kappa shape index (κ2) is 5.94. The SMILES string of the molecule is CNC(C)c1ccc(N(Cc2cccs2)C2CC2)nc1. The largest absolute Gasteiger partial charge is 0.348 e. The van der Waals surface area contributed by atoms with Crippen molar-refractivity contribution in [1.82, 2.24) is 10.3 Å². The molecule has 0 aliphatic heterocycles. The van der Waals surface area contributed by atoms with Gasteiger partial charge in [0.2, 0.25) is 0 Å². The van der Waals surface area contributed by atoms with E-state index in [1.54, 1.807) is 0 Å². The van der Waals surface area contributed by atoms with Gasteiger partial charge in [0.25, 0.3) is 0 Å². The van der Waals surface area contributed by atoms with Crippen LogP contribution in [0.25, 0.3) is 0 Å². The summed E-state index contributed by atoms with van der Waals surface area (Å²) in [6, 6.07) is 9.70. The Hall–Kier alpha value is -1.39. The Morgan fingerprint density at radius 1 is 1.40 bits per heavy atom. The van der Waals surface area contributed by atoms with Crippen LogP contribution in [0, 0.1) is 0 Å². The number of hydrogen-bond donors (Lipinski definition) is 1. The summed E-state index contributed by atoms with van der Waals surface area (Å²) in [5.41, 5.74) is 1.24. The van der Waals surface area contributed by atoms with Crippen LogP contribution in [-0.2, 0) is 6.54 Å². The highest BCUT2D eigenvalue weighted by Gasteiger charge is 2.30. The predicted molar refractivity (Wildman–Crippen MR) is 85.2 cm³/mol. The summed E-state index contributed by atoms with van der Waals surface area (Å²) in [5.74, 6) is 1.10. The van der Waals surface area contributed by atoms with Crippen LogP contribution in [0.5, 0.6) is 0 Å². The average molecular weight is 287 g/mol. The van der Waals surface area contributed by atoms with Crippen molar-refractivity contribution in [2.24, 2.45) is 0 Å². The molecule has 1 unspecified atom stereocenters. The van der Waals surface area contributed by atoms with Crippen molar-refractivity contribution < 1.29 is 0 Å². The third-order valence-electron chi connectivity index (χ3n) is 3.89. The lowest BCUT2D eigenvalue weighted by Crippen LogP contribution is -2.25. The van der Waals surface area contributed by atoms with Gasteiger partial charge in [-0.05, 0) is 49.9 Å². The molecule has 2 aromatic rings. The number of nitrogens with zero attached hydrogens (tertiary/aromatic N) is 2. The lowest BCUT2D eigenvalue weighted by Gasteiger charge is -2.23. The maximum atomic E-state index is 4.68. The van der Waals surface area contributed by atoms with E-state index in [0.29, 0.717) is 12.1 Å². The van der Waals surface area contributed by atoms with Crippen LogP contribution in [0.2, 0.25) is 0 Å². The van der Waals surface area contributed by atoms with E-state index in [1.807, 2.05) is 24.6 Å². The zero-order valence-corrected chi connectivity index (χ0v) is 12.9. The number of nitrogens with one attached hydrogen (secondary N) is 1. The highest BCUT2D eigenvalue weighted by Crippen LogP contribution is 2.33. The quantitative estimate of drug-likeness (QED) is 0.880. The van der Waals surface area contributed by atoms with Crippen LogP contribution in [0.1, 0.15) is 36.2 Å². The number of anilines is 1. The minimum atomic E-state index is 0.350. The van der Waals surface area contributed by atoms with Gasteiger partial charge in [-0.25, -0.2) is 4.98 Å². The third kappa shape index (κ3) is 3.02. The molecule has 106 valence electrons. The predicted octanol–water partition coefficient (Wildman–Crippen LogP) is 3.59. The monoisotopic (exact) mass is 287 g/mol. The summed E-state index contributed by atoms with van der Waals surface area (Å²) >= 11 is 1.82. The van der Waals surface area contributed by atoms with Gasteiger partial charge in [-0.15, -0.1) is 11.3 Å². The van der Waals surface area contributed by atoms with E-state index in [-0.39, 0.29) is 0 Å². The van der Waals surface area contributed by atoms with E-state index in [0.717, 1.165) is 12.4 Å². The summed E-state index contributed by atoms with van der Waals surface area (Å²) in [5, 5.41) is 5.39. The summed E-state index contributed by atoms with van der Waals surface area (Å²) in [7, 11) is 1.98. The first-order chi connectivity index (χ1) is 9.78. The summed E-state index contributed by atoms with van der Waals surface area (Å²) < 4.78 is 0. The standard InChI is InChI=1S/C16H21N3S/c1-12(17-2)13-5-8-16(18-10-13)19(14-6-7-14)11-15-4-3-9-20-15/h3-5,8-10,12,14,17H,6-7,11H2,1-2H3. The van der Waals surface area contributed by atoms with Gasteiger partial charge in [0.05, 0.1) is 6.54 Å². The summed E-state index contributed by atoms with van der Waals surface area (Å²) in [6.45, 7) is 3.14. The zero-order chi connectivity index (χ0) is 13.9. The van der Waals surface area contributed by atoms with Crippen molar-refractivity contribution in [2.75, 3.05) is 11.9 Å². The molecule has 1 aliphatic carbocycles. The molecule has 0 radical (unpaired) electrons. The highest BCUT2D eigenvalue weighted by atomic mass is 32.1. The molecule has 3 rings (SSSR count). The van der Waals surface area contributed by atoms with Crippen LogP contribution < -0.4 is 10.2 Å². The maximum Gasteiger partial charge on any atom is 0.129 e. The Morgan fingerprint density at radius 3 is 2.80 bits per heavy atom. The molecule has 1 fully saturated rings. The molecule has 20 heavy (non-hydrogen) atoms. The van der Waals surface area contributed by atoms with E-state index in [4.69, 9.17) is 0 Å². The van der Waals surface area contributed by atoms with E-state index in [2.05, 4.69) is 51.8 Å². The fraction of sp³-hybridized carbons (Fsp3) is 0.438. The molecule has 3 nitrogen and oxygen atoms in total. The Morgan fingerprint density at radius 2 is 2.25 bits per heavy atom. The topological polar surface area (TPSA) is 28.2 Å². The van der Waals surface area contributed by atoms with Crippen molar-refractivity contribution in [1.29, 1.82) is 0 Å². The molecule has 0 amide bonds. The fourth-order valence-electron chi connectivity index (χ4n) is 2.34. The minimum absolute atomic E-state index is 0.350. The molecule has 2 heterocycles. The highest BCUT2D eigenvalue weighted by molar-refractivity contribution is 7.09. The van der Waals surface area contributed by atoms with Crippen molar-refractivity contribution in [3.8, 4) is 0 Å². The van der Waals surface area contributed by atoms with Crippen molar-refractivity contribution in [3.63, 3.8) is 0 Å². The van der Waals surface area contributed by atoms with E-state index < -0.39 is 0 Å². The van der Waals surface area contributed by atoms with Crippen molar-refractivity contribution >= 4 is 17.2 Å². The van der Waals surface area contributed by atoms with Crippen LogP contribution in [0.3, 0.4) is 0 Å². The number of pyridine rings is 1. The second-order valence-corrected chi connectivity index (χ2v) is 6.43. The molecule has 0 saturated heterocycles. The first-order valence-corrected chi connectivity index (χ1v) is 8.08. The van der Waals surface area contributed by atoms with E-state index in [9.17, 15) is 0 Å². The molecule has 0 aromatic carbocycles. The molecule has 0 bridgehead atoms. The lowest BCUT2D eigenvalue weighted by atomic mass is 10.1. The van der Waals surface area contributed by atoms with Crippen LogP contribution in [0.4, 0.5) is 5.82 Å². The van der Waals surface area contributed by atoms with Crippen molar-refractivity contribution in [2.45, 2.75) is 38.4 Å². The molecule has 1 saturated carbocycles. The van der Waals surface area contributed by atoms with Gasteiger partial charge in [-0.1, -0.05) is 12.1 Å². The second-order valence-electron chi connectivity index (χ2n) is 5.40. The zero-order valence-electron chi connectivity index (χ0n) is 12.0. The Bertz CT molecular complexity index is 531. The number of thiophene rings is 1. The molecule has 1 N–H and O–H groups in total. The van der Waals surface area contributed by atoms with E-state index >= 15 is 0 Å². The number of rotatable bonds is 6. The smallest absolute Gasteiger partial charge is 0.129 e. The third-order valence-corrected chi connectivity index (χ3v) is 4.75. The van der Waals surface area contributed by atoms with Gasteiger partial charge in [-0.3, -0.25) is 0 Å². The van der Waals surface area contributed by atoms with Gasteiger partial charge in [0, 0.05) is 23.2 Å². The molecule has 2 aromatic heterocycles. The van der Waals surface area contributed by atoms with Gasteiger partial charge < -0.3 is 10.2 Å². The molecule has 1 aliphatic rings. The first kappa shape index (κ1) is 13.6. The molecule has 1 atom stereocenters. The Labute approximate surface area is 124 Å². The Balaban J connectivity index is 1.77. The first-order valence-electron chi connectivity index (χ1n) is 7.20. The van der Waals surface area contributed by atoms with Gasteiger partial charge in [0.1, 0.15) is 5.82 Å². The van der Waals surface area contributed by atoms with Gasteiger partial charge >= 0.3 is 0 Å². The summed E-state index contributed by atoms with van der Waals surface area (Å²) in [6.07, 6.45) is 4.59. The van der Waals surface area contributed by atoms with Gasteiger partial charge in [0.15, 0.2) is 0 Å². The van der Waals surface area contributed by atoms with Crippen molar-refractivity contribution in [3.05, 3.63) is 46.3 Å². The minimum Gasteiger partial charge on any atom is -0.348 e. The molecular formula is C16H21N3S. The number of hydrogen-bond acceptors (Lipinski definition) is 4. The lowest BCUT2D eigenvalue weighted by molar-refractivity contribution is 0.648. The average Bonchev–Trinajstić information content (AvgIpc) is 3.21. The van der Waals surface area contributed by atoms with Crippen LogP contribution >= 0.6 is 11.3 Å². The van der Waals surface area contributed by atoms with Crippen LogP contribution in [-0.4, -0.2) is 18.1 Å². The molecule has 0 spiro atoms. The van der Waals surface area contributed by atoms with Gasteiger partial charge in [-0.2, -0.15) is 0 Å². The fourth-order valence-corrected chi connectivity index (χ4v) is 3.05. The normalized spacial score (nSPS) is 16.1. The van der Waals surface area contributed by atoms with Crippen LogP contribution in [0.15, 0.2) is 35.8 Å². The summed E-state index contributed by atoms with van der Waals surface area (Å²) in [4.78, 5) is 8.53. The Kier molecular flexibility index (Phi) is 4.03. The molecular weight excluding hydrogens is 266 g/mol. The maximum absolute atomic E-state index is 4.68. The van der Waals surface area contributed by atoms with E-state index in [1.165, 1.54) is 23.3 Å². The molecule has 4 heteroatoms. The number of aromatic nitrogens is 1.